The van der Waals surface area contributed by atoms with Crippen molar-refractivity contribution in [1.29, 1.82) is 0 Å². The highest BCUT2D eigenvalue weighted by atomic mass is 19.2. The number of hydrogen-bond acceptors (Lipinski definition) is 2. The van der Waals surface area contributed by atoms with Gasteiger partial charge in [0.25, 0.3) is 0 Å². The van der Waals surface area contributed by atoms with Gasteiger partial charge in [0.2, 0.25) is 0 Å². The number of ketones is 1. The summed E-state index contributed by atoms with van der Waals surface area (Å²) in [4.78, 5) is 23.3. The summed E-state index contributed by atoms with van der Waals surface area (Å²) in [5.41, 5.74) is 1.40. The highest BCUT2D eigenvalue weighted by Gasteiger charge is 2.36. The first-order chi connectivity index (χ1) is 12.2. The van der Waals surface area contributed by atoms with E-state index in [1.165, 1.54) is 6.07 Å². The van der Waals surface area contributed by atoms with Gasteiger partial charge >= 0.3 is 5.97 Å². The summed E-state index contributed by atoms with van der Waals surface area (Å²) in [6.07, 6.45) is 3.07. The van der Waals surface area contributed by atoms with Gasteiger partial charge in [-0.05, 0) is 36.8 Å². The molecule has 0 atom stereocenters. The van der Waals surface area contributed by atoms with Crippen LogP contribution in [0.4, 0.5) is 8.78 Å². The number of carbonyl (C=O) groups excluding carboxylic acids is 1. The van der Waals surface area contributed by atoms with E-state index in [4.69, 9.17) is 5.11 Å². The van der Waals surface area contributed by atoms with Crippen LogP contribution < -0.4 is 0 Å². The van der Waals surface area contributed by atoms with Gasteiger partial charge < -0.3 is 9.67 Å². The molecule has 2 aromatic rings. The third kappa shape index (κ3) is 3.37. The number of benzene rings is 1. The number of carbonyl (C=O) groups is 2. The van der Waals surface area contributed by atoms with Crippen molar-refractivity contribution < 1.29 is 23.5 Å². The summed E-state index contributed by atoms with van der Waals surface area (Å²) < 4.78 is 30.2. The van der Waals surface area contributed by atoms with Gasteiger partial charge in [0.1, 0.15) is 0 Å². The van der Waals surface area contributed by atoms with E-state index in [9.17, 15) is 18.4 Å². The van der Waals surface area contributed by atoms with Gasteiger partial charge in [0.05, 0.1) is 5.52 Å². The average molecular weight is 363 g/mol. The van der Waals surface area contributed by atoms with Crippen LogP contribution >= 0.6 is 0 Å². The van der Waals surface area contributed by atoms with Crippen LogP contribution in [-0.2, 0) is 17.8 Å². The Hall–Kier alpha value is -2.24. The van der Waals surface area contributed by atoms with Crippen molar-refractivity contribution in [3.8, 4) is 0 Å². The van der Waals surface area contributed by atoms with E-state index in [2.05, 4.69) is 0 Å². The largest absolute Gasteiger partial charge is 0.481 e. The number of unbranched alkanes of at least 4 members (excludes halogenated alkanes) is 2. The molecule has 0 fully saturated rings. The fourth-order valence-corrected chi connectivity index (χ4v) is 3.93. The molecule has 6 heteroatoms. The van der Waals surface area contributed by atoms with Gasteiger partial charge in [-0.1, -0.05) is 20.3 Å². The highest BCUT2D eigenvalue weighted by Crippen LogP contribution is 2.41. The fraction of sp³-hybridized carbons (Fsp3) is 0.500. The molecular formula is C20H23F2NO3. The van der Waals surface area contributed by atoms with E-state index in [-0.39, 0.29) is 23.0 Å². The van der Waals surface area contributed by atoms with Crippen molar-refractivity contribution in [1.82, 2.24) is 4.57 Å². The molecule has 26 heavy (non-hydrogen) atoms. The quantitative estimate of drug-likeness (QED) is 0.756. The average Bonchev–Trinajstić information content (AvgIpc) is 2.83. The zero-order valence-corrected chi connectivity index (χ0v) is 15.1. The van der Waals surface area contributed by atoms with Gasteiger partial charge in [-0.2, -0.15) is 0 Å². The third-order valence-corrected chi connectivity index (χ3v) is 5.06. The van der Waals surface area contributed by atoms with Crippen LogP contribution in [0.15, 0.2) is 12.1 Å². The number of aryl methyl sites for hydroxylation is 1. The fourth-order valence-electron chi connectivity index (χ4n) is 3.93. The summed E-state index contributed by atoms with van der Waals surface area (Å²) in [6, 6.07) is 2.63. The lowest BCUT2D eigenvalue weighted by Crippen LogP contribution is -2.28. The first kappa shape index (κ1) is 18.5. The second kappa shape index (κ2) is 6.82. The lowest BCUT2D eigenvalue weighted by Gasteiger charge is -2.29. The molecule has 0 bridgehead atoms. The molecule has 1 N–H and O–H groups in total. The summed E-state index contributed by atoms with van der Waals surface area (Å²) in [7, 11) is 0. The molecule has 0 saturated carbocycles. The summed E-state index contributed by atoms with van der Waals surface area (Å²) in [5.74, 6) is -2.87. The predicted octanol–water partition coefficient (Wildman–Crippen LogP) is 4.72. The highest BCUT2D eigenvalue weighted by molar-refractivity contribution is 6.10. The van der Waals surface area contributed by atoms with E-state index < -0.39 is 17.6 Å². The molecule has 0 aliphatic heterocycles. The second-order valence-corrected chi connectivity index (χ2v) is 7.87. The lowest BCUT2D eigenvalue weighted by molar-refractivity contribution is -0.137. The maximum Gasteiger partial charge on any atom is 0.303 e. The molecule has 3 rings (SSSR count). The molecular weight excluding hydrogens is 340 g/mol. The van der Waals surface area contributed by atoms with E-state index in [0.29, 0.717) is 36.9 Å². The SMILES string of the molecule is CC1(C)CC(=O)c2c(n(CCCCCC(=O)O)c3ccc(F)c(F)c23)C1. The van der Waals surface area contributed by atoms with Gasteiger partial charge in [-0.3, -0.25) is 9.59 Å². The van der Waals surface area contributed by atoms with Gasteiger partial charge in [0, 0.05) is 36.0 Å². The van der Waals surface area contributed by atoms with Crippen LogP contribution in [-0.4, -0.2) is 21.4 Å². The number of Topliss-reactive ketones (excluding diaryl/α,β-unsaturated/α-hetero) is 1. The Morgan fingerprint density at radius 2 is 1.92 bits per heavy atom. The van der Waals surface area contributed by atoms with Gasteiger partial charge in [0.15, 0.2) is 17.4 Å². The van der Waals surface area contributed by atoms with Crippen molar-refractivity contribution in [3.05, 3.63) is 35.0 Å². The Balaban J connectivity index is 2.01. The zero-order chi connectivity index (χ0) is 19.1. The van der Waals surface area contributed by atoms with Crippen LogP contribution in [0, 0.1) is 17.0 Å². The molecule has 1 aliphatic carbocycles. The van der Waals surface area contributed by atoms with Crippen molar-refractivity contribution >= 4 is 22.7 Å². The van der Waals surface area contributed by atoms with E-state index >= 15 is 0 Å². The van der Waals surface area contributed by atoms with E-state index in [0.717, 1.165) is 24.6 Å². The first-order valence-electron chi connectivity index (χ1n) is 8.95. The lowest BCUT2D eigenvalue weighted by atomic mass is 9.75. The van der Waals surface area contributed by atoms with Crippen LogP contribution in [0.3, 0.4) is 0 Å². The number of aromatic nitrogens is 1. The standard InChI is InChI=1S/C20H23F2NO3/c1-20(2)10-14-17(15(24)11-20)18-13(8-7-12(21)19(18)22)23(14)9-5-3-4-6-16(25)26/h7-8H,3-6,9-11H2,1-2H3,(H,25,26). The normalized spacial score (nSPS) is 16.1. The van der Waals surface area contributed by atoms with Crippen LogP contribution in [0.2, 0.25) is 0 Å². The Morgan fingerprint density at radius 1 is 1.19 bits per heavy atom. The molecule has 1 aromatic heterocycles. The van der Waals surface area contributed by atoms with E-state index in [1.807, 2.05) is 18.4 Å². The van der Waals surface area contributed by atoms with E-state index in [1.54, 1.807) is 0 Å². The number of halogens is 2. The topological polar surface area (TPSA) is 59.3 Å². The molecule has 4 nitrogen and oxygen atoms in total. The number of carboxylic acid groups (broad SMARTS) is 1. The monoisotopic (exact) mass is 363 g/mol. The smallest absolute Gasteiger partial charge is 0.303 e. The van der Waals surface area contributed by atoms with Crippen molar-refractivity contribution in [2.24, 2.45) is 5.41 Å². The van der Waals surface area contributed by atoms with Crippen LogP contribution in [0.5, 0.6) is 0 Å². The van der Waals surface area contributed by atoms with Crippen LogP contribution in [0.25, 0.3) is 10.9 Å². The second-order valence-electron chi connectivity index (χ2n) is 7.87. The number of hydrogen-bond donors (Lipinski definition) is 1. The Labute approximate surface area is 150 Å². The van der Waals surface area contributed by atoms with Gasteiger partial charge in [-0.25, -0.2) is 8.78 Å². The summed E-state index contributed by atoms with van der Waals surface area (Å²) >= 11 is 0. The molecule has 0 spiro atoms. The number of aliphatic carboxylic acids is 1. The molecule has 0 unspecified atom stereocenters. The molecule has 0 radical (unpaired) electrons. The maximum absolute atomic E-state index is 14.5. The number of carboxylic acids is 1. The molecule has 140 valence electrons. The minimum Gasteiger partial charge on any atom is -0.481 e. The molecule has 0 amide bonds. The first-order valence-corrected chi connectivity index (χ1v) is 8.95. The summed E-state index contributed by atoms with van der Waals surface area (Å²) in [6.45, 7) is 4.55. The maximum atomic E-state index is 14.5. The number of fused-ring (bicyclic) bond motifs is 3. The number of nitrogens with zero attached hydrogens (tertiary/aromatic N) is 1. The van der Waals surface area contributed by atoms with Crippen molar-refractivity contribution in [2.75, 3.05) is 0 Å². The number of rotatable bonds is 6. The third-order valence-electron chi connectivity index (χ3n) is 5.06. The van der Waals surface area contributed by atoms with Gasteiger partial charge in [-0.15, -0.1) is 0 Å². The van der Waals surface area contributed by atoms with Crippen LogP contribution in [0.1, 0.15) is 62.0 Å². The van der Waals surface area contributed by atoms with Crippen molar-refractivity contribution in [3.63, 3.8) is 0 Å². The molecule has 1 aliphatic rings. The summed E-state index contributed by atoms with van der Waals surface area (Å²) in [5, 5.41) is 8.81. The Morgan fingerprint density at radius 3 is 2.62 bits per heavy atom. The zero-order valence-electron chi connectivity index (χ0n) is 15.1. The molecule has 1 aromatic carbocycles. The minimum absolute atomic E-state index is 0.0889. The Bertz CT molecular complexity index is 883. The predicted molar refractivity (Wildman–Crippen MR) is 94.4 cm³/mol. The Kier molecular flexibility index (Phi) is 4.86. The minimum atomic E-state index is -0.962. The van der Waals surface area contributed by atoms with Crippen molar-refractivity contribution in [2.45, 2.75) is 58.9 Å². The molecule has 1 heterocycles. The molecule has 0 saturated heterocycles.